The normalized spacial score (nSPS) is 12.8. The van der Waals surface area contributed by atoms with E-state index in [1.54, 1.807) is 29.2 Å². The molecule has 12 heteroatoms. The standard InChI is InChI=1S/C19H16ClN5O3S3.CH4/c1-29-19-24-15(23-16(26)12-6-7-13(20)30-12)14(31-19)17(27)22-10-2-4-11(5-3-10)25-8-9-28-18(25)21;/h2-7,21H,8-9H2,1H3,(H,22,27)(H,23,26);1H4. The highest BCUT2D eigenvalue weighted by Gasteiger charge is 2.22. The lowest BCUT2D eigenvalue weighted by Crippen LogP contribution is -2.23. The zero-order valence-electron chi connectivity index (χ0n) is 16.1. The number of thiazole rings is 1. The third kappa shape index (κ3) is 5.23. The van der Waals surface area contributed by atoms with Gasteiger partial charge >= 0.3 is 0 Å². The minimum absolute atomic E-state index is 0. The van der Waals surface area contributed by atoms with Crippen molar-refractivity contribution in [1.29, 1.82) is 5.41 Å². The second-order valence-corrected chi connectivity index (χ2v) is 9.99. The van der Waals surface area contributed by atoms with Crippen molar-refractivity contribution in [1.82, 2.24) is 4.98 Å². The van der Waals surface area contributed by atoms with Crippen LogP contribution in [0.3, 0.4) is 0 Å². The van der Waals surface area contributed by atoms with Crippen molar-refractivity contribution in [2.45, 2.75) is 11.8 Å². The second-order valence-electron chi connectivity index (χ2n) is 6.23. The number of benzene rings is 1. The second kappa shape index (κ2) is 10.3. The Morgan fingerprint density at radius 1 is 1.16 bits per heavy atom. The van der Waals surface area contributed by atoms with Crippen LogP contribution in [0.5, 0.6) is 0 Å². The fourth-order valence-corrected chi connectivity index (χ4v) is 5.16. The molecule has 0 unspecified atom stereocenters. The van der Waals surface area contributed by atoms with Crippen molar-refractivity contribution in [3.8, 4) is 0 Å². The molecule has 2 amide bonds. The van der Waals surface area contributed by atoms with E-state index in [9.17, 15) is 9.59 Å². The smallest absolute Gasteiger partial charge is 0.289 e. The molecule has 1 aliphatic heterocycles. The number of carbonyl (C=O) groups excluding carboxylic acids is 2. The molecule has 3 N–H and O–H groups in total. The van der Waals surface area contributed by atoms with Crippen LogP contribution in [0.15, 0.2) is 40.7 Å². The first-order chi connectivity index (χ1) is 14.9. The zero-order valence-corrected chi connectivity index (χ0v) is 19.3. The molecular weight excluding hydrogens is 490 g/mol. The molecule has 0 radical (unpaired) electrons. The first-order valence-corrected chi connectivity index (χ1v) is 12.2. The van der Waals surface area contributed by atoms with Gasteiger partial charge in [0.25, 0.3) is 17.8 Å². The fraction of sp³-hybridized carbons (Fsp3) is 0.200. The molecule has 0 spiro atoms. The van der Waals surface area contributed by atoms with E-state index in [2.05, 4.69) is 15.6 Å². The predicted octanol–water partition coefficient (Wildman–Crippen LogP) is 5.49. The third-order valence-electron chi connectivity index (χ3n) is 4.25. The molecule has 32 heavy (non-hydrogen) atoms. The van der Waals surface area contributed by atoms with Gasteiger partial charge < -0.3 is 15.4 Å². The minimum Gasteiger partial charge on any atom is -0.463 e. The average Bonchev–Trinajstić information content (AvgIpc) is 3.48. The Morgan fingerprint density at radius 2 is 1.91 bits per heavy atom. The molecule has 0 atom stereocenters. The van der Waals surface area contributed by atoms with Gasteiger partial charge in [-0.2, -0.15) is 0 Å². The van der Waals surface area contributed by atoms with E-state index in [0.29, 0.717) is 37.3 Å². The molecule has 2 aromatic heterocycles. The van der Waals surface area contributed by atoms with Crippen molar-refractivity contribution >= 4 is 81.1 Å². The highest BCUT2D eigenvalue weighted by atomic mass is 35.5. The number of carbonyl (C=O) groups is 2. The molecule has 1 fully saturated rings. The summed E-state index contributed by atoms with van der Waals surface area (Å²) in [6, 6.07) is 10.5. The summed E-state index contributed by atoms with van der Waals surface area (Å²) in [7, 11) is 0. The zero-order chi connectivity index (χ0) is 22.0. The minimum atomic E-state index is -0.373. The lowest BCUT2D eigenvalue weighted by Gasteiger charge is -2.15. The van der Waals surface area contributed by atoms with Crippen molar-refractivity contribution < 1.29 is 14.3 Å². The first kappa shape index (κ1) is 24.1. The topological polar surface area (TPSA) is 107 Å². The van der Waals surface area contributed by atoms with Gasteiger partial charge in [0.05, 0.1) is 15.8 Å². The van der Waals surface area contributed by atoms with E-state index in [0.717, 1.165) is 17.0 Å². The number of thiophene rings is 1. The van der Waals surface area contributed by atoms with Crippen LogP contribution in [0.4, 0.5) is 17.2 Å². The molecule has 1 saturated heterocycles. The first-order valence-electron chi connectivity index (χ1n) is 8.96. The Kier molecular flexibility index (Phi) is 7.77. The van der Waals surface area contributed by atoms with Crippen LogP contribution in [0.1, 0.15) is 26.8 Å². The van der Waals surface area contributed by atoms with E-state index in [1.165, 1.54) is 23.1 Å². The number of nitrogens with one attached hydrogen (secondary N) is 3. The van der Waals surface area contributed by atoms with Crippen molar-refractivity contribution in [2.75, 3.05) is 34.9 Å². The van der Waals surface area contributed by atoms with Gasteiger partial charge in [-0.1, -0.05) is 30.8 Å². The molecule has 3 heterocycles. The molecule has 0 saturated carbocycles. The van der Waals surface area contributed by atoms with E-state index in [-0.39, 0.29) is 31.1 Å². The summed E-state index contributed by atoms with van der Waals surface area (Å²) in [5.74, 6) is -0.536. The fourth-order valence-electron chi connectivity index (χ4n) is 2.80. The SMILES string of the molecule is C.CSc1nc(NC(=O)c2ccc(Cl)s2)c(C(=O)Nc2ccc(N3CCOC3=N)cc2)s1. The van der Waals surface area contributed by atoms with Crippen molar-refractivity contribution in [3.63, 3.8) is 0 Å². The monoisotopic (exact) mass is 509 g/mol. The van der Waals surface area contributed by atoms with Gasteiger partial charge in [-0.3, -0.25) is 19.9 Å². The molecule has 0 aliphatic carbocycles. The third-order valence-corrected chi connectivity index (χ3v) is 7.52. The molecule has 4 rings (SSSR count). The quantitative estimate of drug-likeness (QED) is 0.379. The molecule has 8 nitrogen and oxygen atoms in total. The Bertz CT molecular complexity index is 1150. The maximum Gasteiger partial charge on any atom is 0.289 e. The molecule has 1 aliphatic rings. The number of amidine groups is 1. The number of ether oxygens (including phenoxy) is 1. The number of nitrogens with zero attached hydrogens (tertiary/aromatic N) is 2. The van der Waals surface area contributed by atoms with Crippen LogP contribution in [0.25, 0.3) is 0 Å². The molecule has 0 bridgehead atoms. The number of thioether (sulfide) groups is 1. The van der Waals surface area contributed by atoms with E-state index >= 15 is 0 Å². The highest BCUT2D eigenvalue weighted by molar-refractivity contribution is 8.00. The van der Waals surface area contributed by atoms with Crippen LogP contribution in [-0.2, 0) is 4.74 Å². The Balaban J connectivity index is 0.00000289. The summed E-state index contributed by atoms with van der Waals surface area (Å²) in [6.45, 7) is 1.09. The Labute approximate surface area is 202 Å². The van der Waals surface area contributed by atoms with Gasteiger partial charge in [-0.25, -0.2) is 4.98 Å². The van der Waals surface area contributed by atoms with Gasteiger partial charge in [0.2, 0.25) is 0 Å². The summed E-state index contributed by atoms with van der Waals surface area (Å²) in [4.78, 5) is 32.2. The molecular formula is C20H20ClN5O3S3. The van der Waals surface area contributed by atoms with Crippen LogP contribution in [0, 0.1) is 5.41 Å². The predicted molar refractivity (Wildman–Crippen MR) is 133 cm³/mol. The number of rotatable bonds is 6. The molecule has 1 aromatic carbocycles. The lowest BCUT2D eigenvalue weighted by atomic mass is 10.2. The Morgan fingerprint density at radius 3 is 2.50 bits per heavy atom. The van der Waals surface area contributed by atoms with Gasteiger partial charge in [0.1, 0.15) is 11.5 Å². The highest BCUT2D eigenvalue weighted by Crippen LogP contribution is 2.31. The van der Waals surface area contributed by atoms with E-state index < -0.39 is 0 Å². The lowest BCUT2D eigenvalue weighted by molar-refractivity contribution is 0.102. The van der Waals surface area contributed by atoms with Crippen LogP contribution >= 0.6 is 46.0 Å². The molecule has 168 valence electrons. The summed E-state index contributed by atoms with van der Waals surface area (Å²) < 4.78 is 6.32. The summed E-state index contributed by atoms with van der Waals surface area (Å²) >= 11 is 9.65. The average molecular weight is 510 g/mol. The number of hydrogen-bond donors (Lipinski definition) is 3. The molecule has 3 aromatic rings. The summed E-state index contributed by atoms with van der Waals surface area (Å²) in [5, 5.41) is 13.3. The number of amides is 2. The number of aromatic nitrogens is 1. The number of anilines is 3. The van der Waals surface area contributed by atoms with Crippen LogP contribution in [0.2, 0.25) is 4.34 Å². The Hall–Kier alpha value is -2.60. The van der Waals surface area contributed by atoms with Gasteiger partial charge in [-0.05, 0) is 42.7 Å². The largest absolute Gasteiger partial charge is 0.463 e. The van der Waals surface area contributed by atoms with E-state index in [4.69, 9.17) is 21.7 Å². The number of halogens is 1. The van der Waals surface area contributed by atoms with Gasteiger partial charge in [0.15, 0.2) is 10.2 Å². The van der Waals surface area contributed by atoms with Gasteiger partial charge in [-0.15, -0.1) is 22.7 Å². The van der Waals surface area contributed by atoms with Crippen LogP contribution < -0.4 is 15.5 Å². The maximum absolute atomic E-state index is 12.9. The van der Waals surface area contributed by atoms with Crippen molar-refractivity contribution in [3.05, 3.63) is 50.5 Å². The van der Waals surface area contributed by atoms with E-state index in [1.807, 2.05) is 18.4 Å². The summed E-state index contributed by atoms with van der Waals surface area (Å²) in [5.41, 5.74) is 1.40. The number of hydrogen-bond acceptors (Lipinski definition) is 8. The van der Waals surface area contributed by atoms with Crippen LogP contribution in [-0.4, -0.2) is 42.2 Å². The van der Waals surface area contributed by atoms with Gasteiger partial charge in [0, 0.05) is 11.4 Å². The van der Waals surface area contributed by atoms with Crippen molar-refractivity contribution in [2.24, 2.45) is 0 Å². The summed E-state index contributed by atoms with van der Waals surface area (Å²) in [6.07, 6.45) is 1.85. The maximum atomic E-state index is 12.9.